The average Bonchev–Trinajstić information content (AvgIpc) is 2.09. The third-order valence-corrected chi connectivity index (χ3v) is 3.63. The molecule has 66 valence electrons. The van der Waals surface area contributed by atoms with E-state index in [4.69, 9.17) is 9.84 Å². The molecule has 0 atom stereocenters. The van der Waals surface area contributed by atoms with Gasteiger partial charge in [-0.25, -0.2) is 0 Å². The quantitative estimate of drug-likeness (QED) is 0.909. The Labute approximate surface area is 87.8 Å². The van der Waals surface area contributed by atoms with E-state index >= 15 is 0 Å². The fourth-order valence-electron chi connectivity index (χ4n) is 0.913. The second-order valence-electron chi connectivity index (χ2n) is 2.20. The summed E-state index contributed by atoms with van der Waals surface area (Å²) in [6.45, 7) is -0.0385. The molecule has 1 N–H and O–H groups in total. The first-order chi connectivity index (χ1) is 5.70. The van der Waals surface area contributed by atoms with Crippen LogP contribution in [0.2, 0.25) is 0 Å². The van der Waals surface area contributed by atoms with E-state index in [1.807, 2.05) is 6.07 Å². The maximum absolute atomic E-state index is 9.02. The van der Waals surface area contributed by atoms with Gasteiger partial charge in [0, 0.05) is 14.5 Å². The molecular weight excluding hydrogens is 288 g/mol. The summed E-state index contributed by atoms with van der Waals surface area (Å²) in [5, 5.41) is 9.02. The summed E-state index contributed by atoms with van der Waals surface area (Å²) in [5.41, 5.74) is 0.756. The molecule has 1 aromatic rings. The van der Waals surface area contributed by atoms with Gasteiger partial charge < -0.3 is 9.84 Å². The molecule has 0 saturated carbocycles. The Bertz CT molecular complexity index is 287. The first-order valence-electron chi connectivity index (χ1n) is 3.32. The maximum Gasteiger partial charge on any atom is 0.125 e. The summed E-state index contributed by atoms with van der Waals surface area (Å²) in [5.74, 6) is 0.688. The van der Waals surface area contributed by atoms with Gasteiger partial charge in [-0.1, -0.05) is 0 Å². The zero-order chi connectivity index (χ0) is 9.14. The van der Waals surface area contributed by atoms with Crippen LogP contribution in [0.1, 0.15) is 5.56 Å². The lowest BCUT2D eigenvalue weighted by molar-refractivity contribution is 0.273. The largest absolute Gasteiger partial charge is 0.496 e. The van der Waals surface area contributed by atoms with E-state index in [9.17, 15) is 0 Å². The highest BCUT2D eigenvalue weighted by Crippen LogP contribution is 2.33. The van der Waals surface area contributed by atoms with Crippen LogP contribution in [0.3, 0.4) is 0 Å². The highest BCUT2D eigenvalue weighted by atomic mass is 79.9. The van der Waals surface area contributed by atoms with Crippen molar-refractivity contribution in [2.45, 2.75) is 6.61 Å². The fourth-order valence-corrected chi connectivity index (χ4v) is 1.74. The van der Waals surface area contributed by atoms with E-state index in [1.54, 1.807) is 13.2 Å². The molecular formula is C8H8Br2O2. The van der Waals surface area contributed by atoms with Crippen LogP contribution in [0.4, 0.5) is 0 Å². The third-order valence-electron chi connectivity index (χ3n) is 1.53. The zero-order valence-electron chi connectivity index (χ0n) is 6.47. The van der Waals surface area contributed by atoms with Crippen LogP contribution in [0.15, 0.2) is 21.1 Å². The van der Waals surface area contributed by atoms with Gasteiger partial charge in [0.25, 0.3) is 0 Å². The van der Waals surface area contributed by atoms with Crippen molar-refractivity contribution in [3.63, 3.8) is 0 Å². The van der Waals surface area contributed by atoms with E-state index in [0.29, 0.717) is 5.75 Å². The smallest absolute Gasteiger partial charge is 0.125 e. The predicted molar refractivity (Wildman–Crippen MR) is 54.3 cm³/mol. The standard InChI is InChI=1S/C8H8Br2O2/c1-12-7-3-2-6(9)8(10)5(7)4-11/h2-3,11H,4H2,1H3. The van der Waals surface area contributed by atoms with Gasteiger partial charge in [0.05, 0.1) is 13.7 Å². The van der Waals surface area contributed by atoms with Crippen LogP contribution in [0, 0.1) is 0 Å². The molecule has 0 aliphatic rings. The molecule has 12 heavy (non-hydrogen) atoms. The Morgan fingerprint density at radius 2 is 2.08 bits per heavy atom. The normalized spacial score (nSPS) is 10.0. The fraction of sp³-hybridized carbons (Fsp3) is 0.250. The summed E-state index contributed by atoms with van der Waals surface area (Å²) in [6.07, 6.45) is 0. The second-order valence-corrected chi connectivity index (χ2v) is 3.85. The van der Waals surface area contributed by atoms with Crippen molar-refractivity contribution >= 4 is 31.9 Å². The Hall–Kier alpha value is -0.0600. The molecule has 0 radical (unpaired) electrons. The summed E-state index contributed by atoms with van der Waals surface area (Å²) >= 11 is 6.68. The number of methoxy groups -OCH3 is 1. The molecule has 2 nitrogen and oxygen atoms in total. The number of benzene rings is 1. The van der Waals surface area contributed by atoms with E-state index in [0.717, 1.165) is 14.5 Å². The molecule has 0 unspecified atom stereocenters. The Kier molecular flexibility index (Phi) is 3.55. The highest BCUT2D eigenvalue weighted by Gasteiger charge is 2.08. The lowest BCUT2D eigenvalue weighted by Crippen LogP contribution is -1.93. The molecule has 0 aliphatic heterocycles. The van der Waals surface area contributed by atoms with E-state index < -0.39 is 0 Å². The molecule has 1 aromatic carbocycles. The second kappa shape index (κ2) is 4.25. The van der Waals surface area contributed by atoms with Crippen molar-refractivity contribution < 1.29 is 9.84 Å². The highest BCUT2D eigenvalue weighted by molar-refractivity contribution is 9.13. The first-order valence-corrected chi connectivity index (χ1v) is 4.91. The molecule has 0 spiro atoms. The van der Waals surface area contributed by atoms with Gasteiger partial charge in [-0.3, -0.25) is 0 Å². The minimum atomic E-state index is -0.0385. The SMILES string of the molecule is COc1ccc(Br)c(Br)c1CO. The van der Waals surface area contributed by atoms with Crippen LogP contribution in [-0.2, 0) is 6.61 Å². The van der Waals surface area contributed by atoms with Crippen LogP contribution >= 0.6 is 31.9 Å². The maximum atomic E-state index is 9.02. The predicted octanol–water partition coefficient (Wildman–Crippen LogP) is 2.71. The minimum Gasteiger partial charge on any atom is -0.496 e. The molecule has 0 aliphatic carbocycles. The van der Waals surface area contributed by atoms with E-state index in [1.165, 1.54) is 0 Å². The lowest BCUT2D eigenvalue weighted by Gasteiger charge is -2.08. The number of aliphatic hydroxyl groups is 1. The number of ether oxygens (including phenoxy) is 1. The van der Waals surface area contributed by atoms with Crippen molar-refractivity contribution in [3.05, 3.63) is 26.6 Å². The summed E-state index contributed by atoms with van der Waals surface area (Å²) < 4.78 is 6.81. The van der Waals surface area contributed by atoms with Crippen molar-refractivity contribution in [2.75, 3.05) is 7.11 Å². The zero-order valence-corrected chi connectivity index (χ0v) is 9.65. The summed E-state index contributed by atoms with van der Waals surface area (Å²) in [7, 11) is 1.58. The van der Waals surface area contributed by atoms with Crippen LogP contribution in [-0.4, -0.2) is 12.2 Å². The molecule has 0 heterocycles. The van der Waals surface area contributed by atoms with Crippen LogP contribution < -0.4 is 4.74 Å². The number of hydrogen-bond acceptors (Lipinski definition) is 2. The van der Waals surface area contributed by atoms with E-state index in [2.05, 4.69) is 31.9 Å². The molecule has 0 amide bonds. The van der Waals surface area contributed by atoms with Gasteiger partial charge >= 0.3 is 0 Å². The van der Waals surface area contributed by atoms with Gasteiger partial charge in [0.2, 0.25) is 0 Å². The molecule has 0 bridgehead atoms. The molecule has 0 aromatic heterocycles. The monoisotopic (exact) mass is 294 g/mol. The van der Waals surface area contributed by atoms with Gasteiger partial charge in [-0.15, -0.1) is 0 Å². The number of rotatable bonds is 2. The molecule has 0 fully saturated rings. The Morgan fingerprint density at radius 3 is 2.58 bits per heavy atom. The van der Waals surface area contributed by atoms with Gasteiger partial charge in [-0.05, 0) is 44.0 Å². The van der Waals surface area contributed by atoms with Crippen molar-refractivity contribution in [1.82, 2.24) is 0 Å². The number of aliphatic hydroxyl groups excluding tert-OH is 1. The topological polar surface area (TPSA) is 29.5 Å². The molecule has 4 heteroatoms. The van der Waals surface area contributed by atoms with Crippen molar-refractivity contribution in [3.8, 4) is 5.75 Å². The van der Waals surface area contributed by atoms with Crippen molar-refractivity contribution in [1.29, 1.82) is 0 Å². The Balaban J connectivity index is 3.25. The first kappa shape index (κ1) is 10.0. The molecule has 1 rings (SSSR count). The third kappa shape index (κ3) is 1.81. The minimum absolute atomic E-state index is 0.0385. The van der Waals surface area contributed by atoms with Crippen LogP contribution in [0.5, 0.6) is 5.75 Å². The average molecular weight is 296 g/mol. The van der Waals surface area contributed by atoms with Gasteiger partial charge in [-0.2, -0.15) is 0 Å². The lowest BCUT2D eigenvalue weighted by atomic mass is 10.2. The van der Waals surface area contributed by atoms with Gasteiger partial charge in [0.15, 0.2) is 0 Å². The number of hydrogen-bond donors (Lipinski definition) is 1. The van der Waals surface area contributed by atoms with E-state index in [-0.39, 0.29) is 6.61 Å². The Morgan fingerprint density at radius 1 is 1.42 bits per heavy atom. The van der Waals surface area contributed by atoms with Crippen molar-refractivity contribution in [2.24, 2.45) is 0 Å². The van der Waals surface area contributed by atoms with Crippen LogP contribution in [0.25, 0.3) is 0 Å². The number of halogens is 2. The summed E-state index contributed by atoms with van der Waals surface area (Å²) in [6, 6.07) is 3.67. The van der Waals surface area contributed by atoms with Gasteiger partial charge in [0.1, 0.15) is 5.75 Å². The summed E-state index contributed by atoms with van der Waals surface area (Å²) in [4.78, 5) is 0. The molecule has 0 saturated heterocycles.